The van der Waals surface area contributed by atoms with Crippen molar-refractivity contribution < 1.29 is 57.8 Å². The molecule has 598 valence electrons. The first kappa shape index (κ1) is 85.0. The lowest BCUT2D eigenvalue weighted by Crippen LogP contribution is -2.51. The molecule has 33 heteroatoms. The Kier molecular flexibility index (Phi) is 27.6. The van der Waals surface area contributed by atoms with Crippen molar-refractivity contribution in [2.45, 2.75) is 119 Å². The van der Waals surface area contributed by atoms with E-state index in [1.807, 2.05) is 42.5 Å². The fourth-order valence-corrected chi connectivity index (χ4v) is 13.5. The van der Waals surface area contributed by atoms with Crippen molar-refractivity contribution in [1.29, 1.82) is 0 Å². The average Bonchev–Trinajstić information content (AvgIpc) is 1.46. The molecule has 0 spiro atoms. The maximum absolute atomic E-state index is 15.4. The number of aliphatic hydroxyl groups excluding tert-OH is 2. The van der Waals surface area contributed by atoms with Crippen molar-refractivity contribution in [3.8, 4) is 44.5 Å². The van der Waals surface area contributed by atoms with Crippen LogP contribution in [0.25, 0.3) is 77.2 Å². The molecule has 8 N–H and O–H groups in total. The molecule has 8 aromatic heterocycles. The van der Waals surface area contributed by atoms with Crippen LogP contribution in [0.5, 0.6) is 0 Å². The number of rotatable bonds is 25. The average molecular weight is 1730 g/mol. The van der Waals surface area contributed by atoms with Crippen LogP contribution in [0.2, 0.25) is 5.02 Å². The van der Waals surface area contributed by atoms with Crippen molar-refractivity contribution in [1.82, 2.24) is 74.7 Å². The van der Waals surface area contributed by atoms with Crippen LogP contribution in [0.4, 0.5) is 21.7 Å². The van der Waals surface area contributed by atoms with Crippen LogP contribution in [-0.2, 0) is 48.4 Å². The van der Waals surface area contributed by atoms with Gasteiger partial charge in [0.05, 0.1) is 23.4 Å². The van der Waals surface area contributed by atoms with Crippen LogP contribution in [-0.4, -0.2) is 152 Å². The minimum atomic E-state index is -1.40. The van der Waals surface area contributed by atoms with Crippen molar-refractivity contribution in [2.75, 3.05) is 16.0 Å². The maximum atomic E-state index is 15.4. The summed E-state index contributed by atoms with van der Waals surface area (Å²) < 4.78 is 21.2. The molecule has 0 radical (unpaired) electrons. The fourth-order valence-electron chi connectivity index (χ4n) is 12.5. The summed E-state index contributed by atoms with van der Waals surface area (Å²) in [6, 6.07) is 34.5. The Bertz CT molecular complexity index is 5960. The minimum absolute atomic E-state index is 0.135. The number of ketones is 3. The normalized spacial score (nSPS) is 12.3. The molecule has 117 heavy (non-hydrogen) atoms. The van der Waals surface area contributed by atoms with Crippen LogP contribution >= 0.6 is 43.5 Å². The zero-order chi connectivity index (χ0) is 84.1. The number of Topliss-reactive ketones (excluding diaryl/α,β-unsaturated/α-hetero) is 3. The van der Waals surface area contributed by atoms with Gasteiger partial charge in [-0.15, -0.1) is 0 Å². The van der Waals surface area contributed by atoms with E-state index < -0.39 is 65.7 Å². The number of pyridine rings is 2. The molecule has 5 aromatic carbocycles. The number of nitrogens with zero attached hydrogens (tertiary/aromatic N) is 12. The summed E-state index contributed by atoms with van der Waals surface area (Å²) in [7, 11) is 0. The molecule has 0 aliphatic carbocycles. The van der Waals surface area contributed by atoms with Crippen LogP contribution in [0, 0.1) is 26.6 Å². The molecule has 5 atom stereocenters. The Morgan fingerprint density at radius 3 is 1.31 bits per heavy atom. The van der Waals surface area contributed by atoms with Crippen LogP contribution < -0.4 is 31.9 Å². The standard InChI is InChI=1S/C33H29ClFN5O4.C26H25BrN6O4.C25H24BrN7O3/c1-18(41)26-16-40(29-12-11-21(13-25(26)29)22-14-36-20(3)37-15-22)17-30(43)39-32(19(2)42)33(44)38-28-10-6-8-24(31(28)35)23-7-4-5-9-27(23)34;1-14(34)20-12-33(21-8-7-17(9-19(20)21)18-10-28-16(3)29-11-18)13-24(36)32-25(15(2)35)26(37)31-23-6-4-5-22(27)30-23;1-4-19(25(36)31-22-7-5-6-21(26)30-22)29-23(35)13-33-20-9-8-16(17-11-27-15(3)28-12-17)10-18(20)24(32-33)14(2)34/h4-16,19,32,42H,17H2,1-3H3,(H,38,44)(H,39,43);4-12,15,25,35H,13H2,1-3H3,(H,32,36)(H,30,31,37);5-12,19H,4,13H2,1-3H3,(H,29,35)(H,30,31,36)/t19-,32+;15-,25+;19-/m110/s1. The first-order valence-corrected chi connectivity index (χ1v) is 38.5. The van der Waals surface area contributed by atoms with Gasteiger partial charge in [-0.2, -0.15) is 5.10 Å². The van der Waals surface area contributed by atoms with Gasteiger partial charge in [0.2, 0.25) is 29.5 Å². The third kappa shape index (κ3) is 21.2. The number of amides is 6. The molecule has 8 heterocycles. The van der Waals surface area contributed by atoms with E-state index in [9.17, 15) is 53.4 Å². The number of halogens is 4. The van der Waals surface area contributed by atoms with Gasteiger partial charge in [-0.05, 0) is 176 Å². The number of hydrogen-bond donors (Lipinski definition) is 8. The Morgan fingerprint density at radius 2 is 0.880 bits per heavy atom. The predicted octanol–water partition coefficient (Wildman–Crippen LogP) is 12.5. The summed E-state index contributed by atoms with van der Waals surface area (Å²) >= 11 is 12.7. The maximum Gasteiger partial charge on any atom is 0.250 e. The highest BCUT2D eigenvalue weighted by atomic mass is 79.9. The Hall–Kier alpha value is -12.9. The van der Waals surface area contributed by atoms with E-state index in [2.05, 4.69) is 109 Å². The van der Waals surface area contributed by atoms with E-state index in [4.69, 9.17) is 11.6 Å². The second-order valence-corrected chi connectivity index (χ2v) is 29.2. The number of hydrogen-bond acceptors (Lipinski definition) is 20. The third-order valence-electron chi connectivity index (χ3n) is 18.4. The van der Waals surface area contributed by atoms with Crippen LogP contribution in [0.15, 0.2) is 192 Å². The lowest BCUT2D eigenvalue weighted by Gasteiger charge is -2.21. The number of carbonyl (C=O) groups excluding carboxylic acids is 9. The summed E-state index contributed by atoms with van der Waals surface area (Å²) in [6.45, 7) is 13.7. The van der Waals surface area contributed by atoms with Gasteiger partial charge in [0.1, 0.15) is 81.8 Å². The molecule has 29 nitrogen and oxygen atoms in total. The highest BCUT2D eigenvalue weighted by Gasteiger charge is 2.30. The zero-order valence-electron chi connectivity index (χ0n) is 64.5. The minimum Gasteiger partial charge on any atom is -0.391 e. The monoisotopic (exact) mass is 1730 g/mol. The Balaban J connectivity index is 0.000000173. The van der Waals surface area contributed by atoms with Gasteiger partial charge in [0.25, 0.3) is 5.91 Å². The number of anilines is 3. The van der Waals surface area contributed by atoms with E-state index in [0.29, 0.717) is 93.3 Å². The lowest BCUT2D eigenvalue weighted by atomic mass is 10.0. The van der Waals surface area contributed by atoms with E-state index in [1.54, 1.807) is 165 Å². The summed E-state index contributed by atoms with van der Waals surface area (Å²) in [4.78, 5) is 148. The fraction of sp³-hybridized carbons (Fsp3) is 0.214. The molecule has 0 aliphatic heterocycles. The topological polar surface area (TPSA) is 397 Å². The van der Waals surface area contributed by atoms with Gasteiger partial charge in [0, 0.05) is 128 Å². The highest BCUT2D eigenvalue weighted by Crippen LogP contribution is 2.35. The smallest absolute Gasteiger partial charge is 0.250 e. The van der Waals surface area contributed by atoms with Crippen molar-refractivity contribution in [2.24, 2.45) is 0 Å². The molecule has 0 unspecified atom stereocenters. The third-order valence-corrected chi connectivity index (χ3v) is 19.7. The van der Waals surface area contributed by atoms with Crippen molar-refractivity contribution in [3.63, 3.8) is 0 Å². The van der Waals surface area contributed by atoms with Gasteiger partial charge in [-0.3, -0.25) is 47.8 Å². The van der Waals surface area contributed by atoms with Gasteiger partial charge >= 0.3 is 0 Å². The molecule has 6 amide bonds. The summed E-state index contributed by atoms with van der Waals surface area (Å²) in [5, 5.41) is 42.9. The SMILES string of the molecule is CC(=O)c1cn(CC(=O)N[C@H](C(=O)Nc2cccc(-c3ccccc3Cl)c2F)[C@@H](C)O)c2ccc(-c3cnc(C)nc3)cc12.CC(=O)c1cn(CC(=O)N[C@H](C(=O)Nc2cccc(Br)n2)[C@@H](C)O)c2ccc(-c3cnc(C)nc3)cc12.CC[C@H](NC(=O)Cn1nc(C(C)=O)c2cc(-c3cnc(C)nc3)ccc21)C(=O)Nc1cccc(Br)n1. The molecule has 0 saturated heterocycles. The molecule has 0 aliphatic rings. The molecule has 0 saturated carbocycles. The van der Waals surface area contributed by atoms with Gasteiger partial charge < -0.3 is 51.2 Å². The number of nitrogens with one attached hydrogen (secondary N) is 6. The number of fused-ring (bicyclic) bond motifs is 3. The van der Waals surface area contributed by atoms with Gasteiger partial charge in [-0.25, -0.2) is 44.3 Å². The Labute approximate surface area is 691 Å². The van der Waals surface area contributed by atoms with Gasteiger partial charge in [-0.1, -0.05) is 79.2 Å². The molecule has 13 aromatic rings. The van der Waals surface area contributed by atoms with E-state index >= 15 is 4.39 Å². The summed E-state index contributed by atoms with van der Waals surface area (Å²) in [6.07, 6.45) is 11.4. The quantitative estimate of drug-likeness (QED) is 0.0195. The number of aromatic nitrogens is 12. The lowest BCUT2D eigenvalue weighted by molar-refractivity contribution is -0.129. The molecular weight excluding hydrogens is 1650 g/mol. The van der Waals surface area contributed by atoms with E-state index in [1.165, 1.54) is 51.4 Å². The number of benzene rings is 5. The second kappa shape index (κ2) is 38.0. The van der Waals surface area contributed by atoms with Crippen LogP contribution in [0.3, 0.4) is 0 Å². The van der Waals surface area contributed by atoms with Crippen molar-refractivity contribution in [3.05, 3.63) is 237 Å². The van der Waals surface area contributed by atoms with Crippen LogP contribution in [0.1, 0.15) is 96.6 Å². The zero-order valence-corrected chi connectivity index (χ0v) is 68.4. The Morgan fingerprint density at radius 1 is 0.470 bits per heavy atom. The molecule has 0 fully saturated rings. The summed E-state index contributed by atoms with van der Waals surface area (Å²) in [5.41, 5.74) is 8.43. The number of aryl methyl sites for hydroxylation is 3. The molecule has 13 rings (SSSR count). The first-order valence-electron chi connectivity index (χ1n) is 36.5. The number of carbonyl (C=O) groups is 9. The van der Waals surface area contributed by atoms with E-state index in [-0.39, 0.29) is 65.7 Å². The second-order valence-electron chi connectivity index (χ2n) is 27.2. The van der Waals surface area contributed by atoms with Crippen molar-refractivity contribution >= 4 is 146 Å². The largest absolute Gasteiger partial charge is 0.391 e. The first-order chi connectivity index (χ1) is 55.9. The summed E-state index contributed by atoms with van der Waals surface area (Å²) in [5.74, 6) is -1.97. The van der Waals surface area contributed by atoms with E-state index in [0.717, 1.165) is 33.4 Å². The highest BCUT2D eigenvalue weighted by molar-refractivity contribution is 9.10. The predicted molar refractivity (Wildman–Crippen MR) is 447 cm³/mol. The number of aliphatic hydroxyl groups is 2. The molecular formula is C84H78Br2ClFN18O11. The molecule has 0 bridgehead atoms. The van der Waals surface area contributed by atoms with Gasteiger partial charge in [0.15, 0.2) is 23.2 Å².